The Balaban J connectivity index is 1.27. The fourth-order valence-corrected chi connectivity index (χ4v) is 6.66. The fraction of sp³-hybridized carbons (Fsp3) is 0.286. The topological polar surface area (TPSA) is 29.5 Å². The van der Waals surface area contributed by atoms with Gasteiger partial charge in [-0.1, -0.05) is 111 Å². The molecule has 6 rings (SSSR count). The number of nitrogens with zero attached hydrogens (tertiary/aromatic N) is 1. The smallest absolute Gasteiger partial charge is 0.323 e. The highest BCUT2D eigenvalue weighted by atomic mass is 16.5. The number of ether oxygens (including phenoxy) is 1. The van der Waals surface area contributed by atoms with Crippen molar-refractivity contribution < 1.29 is 9.53 Å². The Bertz CT molecular complexity index is 1360. The van der Waals surface area contributed by atoms with E-state index >= 15 is 0 Å². The molecule has 4 aromatic rings. The van der Waals surface area contributed by atoms with Crippen LogP contribution in [0.1, 0.15) is 66.3 Å². The lowest BCUT2D eigenvalue weighted by atomic mass is 9.62. The Kier molecular flexibility index (Phi) is 6.63. The van der Waals surface area contributed by atoms with Crippen molar-refractivity contribution in [3.8, 4) is 5.75 Å². The first-order valence-corrected chi connectivity index (χ1v) is 13.8. The Morgan fingerprint density at radius 3 is 2.13 bits per heavy atom. The molecule has 0 aromatic heterocycles. The van der Waals surface area contributed by atoms with E-state index in [2.05, 4.69) is 61.2 Å². The van der Waals surface area contributed by atoms with Crippen molar-refractivity contribution in [3.05, 3.63) is 137 Å². The third-order valence-corrected chi connectivity index (χ3v) is 8.77. The van der Waals surface area contributed by atoms with Crippen molar-refractivity contribution in [3.63, 3.8) is 0 Å². The minimum Gasteiger partial charge on any atom is -0.426 e. The average Bonchev–Trinajstić information content (AvgIpc) is 2.95. The van der Waals surface area contributed by atoms with Gasteiger partial charge in [0.2, 0.25) is 0 Å². The van der Waals surface area contributed by atoms with Crippen LogP contribution in [-0.2, 0) is 16.8 Å². The minimum atomic E-state index is -0.464. The molecule has 192 valence electrons. The highest BCUT2D eigenvalue weighted by Gasteiger charge is 2.46. The van der Waals surface area contributed by atoms with Gasteiger partial charge in [0.1, 0.15) is 11.7 Å². The highest BCUT2D eigenvalue weighted by Crippen LogP contribution is 2.50. The molecule has 0 radical (unpaired) electrons. The number of hydrogen-bond acceptors (Lipinski definition) is 3. The van der Waals surface area contributed by atoms with Crippen LogP contribution >= 0.6 is 0 Å². The van der Waals surface area contributed by atoms with Gasteiger partial charge in [-0.2, -0.15) is 0 Å². The minimum absolute atomic E-state index is 0.0837. The number of piperidine rings is 1. The molecule has 0 N–H and O–H groups in total. The zero-order valence-electron chi connectivity index (χ0n) is 22.2. The number of hydrogen-bond donors (Lipinski definition) is 0. The number of carbonyl (C=O) groups excluding carboxylic acids is 1. The van der Waals surface area contributed by atoms with Crippen molar-refractivity contribution in [2.75, 3.05) is 6.54 Å². The Morgan fingerprint density at radius 2 is 1.50 bits per heavy atom. The van der Waals surface area contributed by atoms with Crippen LogP contribution in [0.4, 0.5) is 0 Å². The molecular formula is C35H35NO2. The van der Waals surface area contributed by atoms with Gasteiger partial charge in [-0.05, 0) is 70.7 Å². The number of esters is 1. The second kappa shape index (κ2) is 10.2. The predicted octanol–water partition coefficient (Wildman–Crippen LogP) is 7.46. The summed E-state index contributed by atoms with van der Waals surface area (Å²) >= 11 is 0. The van der Waals surface area contributed by atoms with Gasteiger partial charge in [-0.25, -0.2) is 0 Å². The van der Waals surface area contributed by atoms with Crippen LogP contribution in [0.25, 0.3) is 0 Å². The molecule has 1 aliphatic heterocycles. The second-order valence-corrected chi connectivity index (χ2v) is 11.3. The summed E-state index contributed by atoms with van der Waals surface area (Å²) in [6.07, 6.45) is 2.23. The van der Waals surface area contributed by atoms with Gasteiger partial charge in [0.05, 0.1) is 0 Å². The lowest BCUT2D eigenvalue weighted by molar-refractivity contribution is -0.135. The number of likely N-dealkylation sites (tertiary alicyclic amines) is 1. The largest absolute Gasteiger partial charge is 0.426 e. The van der Waals surface area contributed by atoms with Gasteiger partial charge in [-0.3, -0.25) is 9.69 Å². The molecule has 3 atom stereocenters. The summed E-state index contributed by atoms with van der Waals surface area (Å²) in [5.41, 5.74) is 6.08. The van der Waals surface area contributed by atoms with Gasteiger partial charge in [-0.15, -0.1) is 0 Å². The fourth-order valence-electron chi connectivity index (χ4n) is 6.66. The summed E-state index contributed by atoms with van der Waals surface area (Å²) in [6, 6.07) is 37.5. The predicted molar refractivity (Wildman–Crippen MR) is 152 cm³/mol. The van der Waals surface area contributed by atoms with E-state index in [-0.39, 0.29) is 11.4 Å². The second-order valence-electron chi connectivity index (χ2n) is 11.3. The lowest BCUT2D eigenvalue weighted by Crippen LogP contribution is -2.53. The van der Waals surface area contributed by atoms with Crippen molar-refractivity contribution in [1.29, 1.82) is 0 Å². The normalized spacial score (nSPS) is 22.6. The molecule has 4 aromatic carbocycles. The van der Waals surface area contributed by atoms with E-state index < -0.39 is 5.92 Å². The number of benzene rings is 4. The van der Waals surface area contributed by atoms with Crippen LogP contribution in [-0.4, -0.2) is 23.5 Å². The zero-order valence-corrected chi connectivity index (χ0v) is 22.2. The molecule has 0 saturated carbocycles. The molecule has 0 spiro atoms. The van der Waals surface area contributed by atoms with Gasteiger partial charge in [0.15, 0.2) is 0 Å². The summed E-state index contributed by atoms with van der Waals surface area (Å²) < 4.78 is 6.12. The standard InChI is InChI=1S/C35H35NO2/c1-25-30-19-18-29(38-34(37)33(27-14-8-4-9-15-27)28-16-10-5-11-17-28)22-31(30)35(2)20-21-36(32(25)23-35)24-26-12-6-3-7-13-26/h3-19,22,25,32-33H,20-21,23-24H2,1-2H3. The number of rotatable bonds is 6. The molecule has 1 saturated heterocycles. The molecule has 38 heavy (non-hydrogen) atoms. The molecule has 3 unspecified atom stereocenters. The monoisotopic (exact) mass is 501 g/mol. The summed E-state index contributed by atoms with van der Waals surface area (Å²) in [7, 11) is 0. The first kappa shape index (κ1) is 24.6. The van der Waals surface area contributed by atoms with E-state index in [1.165, 1.54) is 16.7 Å². The summed E-state index contributed by atoms with van der Waals surface area (Å²) in [6.45, 7) is 6.83. The van der Waals surface area contributed by atoms with Gasteiger partial charge in [0, 0.05) is 12.6 Å². The van der Waals surface area contributed by atoms with Crippen LogP contribution in [0.5, 0.6) is 5.75 Å². The van der Waals surface area contributed by atoms with E-state index in [1.54, 1.807) is 0 Å². The summed E-state index contributed by atoms with van der Waals surface area (Å²) in [5, 5.41) is 0. The number of fused-ring (bicyclic) bond motifs is 4. The summed E-state index contributed by atoms with van der Waals surface area (Å²) in [4.78, 5) is 16.3. The zero-order chi connectivity index (χ0) is 26.1. The molecule has 2 bridgehead atoms. The molecule has 1 aliphatic carbocycles. The maximum Gasteiger partial charge on any atom is 0.323 e. The van der Waals surface area contributed by atoms with E-state index in [1.807, 2.05) is 66.7 Å². The van der Waals surface area contributed by atoms with Crippen molar-refractivity contribution in [2.24, 2.45) is 0 Å². The third kappa shape index (κ3) is 4.68. The van der Waals surface area contributed by atoms with Gasteiger partial charge in [0.25, 0.3) is 0 Å². The maximum atomic E-state index is 13.6. The lowest BCUT2D eigenvalue weighted by Gasteiger charge is -2.52. The first-order valence-electron chi connectivity index (χ1n) is 13.8. The molecule has 1 heterocycles. The van der Waals surface area contributed by atoms with Crippen molar-refractivity contribution in [1.82, 2.24) is 4.90 Å². The molecule has 2 aliphatic rings. The first-order chi connectivity index (χ1) is 18.5. The Labute approximate surface area is 226 Å². The van der Waals surface area contributed by atoms with Crippen LogP contribution in [0.3, 0.4) is 0 Å². The highest BCUT2D eigenvalue weighted by molar-refractivity contribution is 5.84. The van der Waals surface area contributed by atoms with Crippen LogP contribution in [0.2, 0.25) is 0 Å². The van der Waals surface area contributed by atoms with Crippen molar-refractivity contribution in [2.45, 2.75) is 56.5 Å². The van der Waals surface area contributed by atoms with Crippen molar-refractivity contribution >= 4 is 5.97 Å². The molecule has 3 heteroatoms. The third-order valence-electron chi connectivity index (χ3n) is 8.77. The van der Waals surface area contributed by atoms with Gasteiger partial charge < -0.3 is 4.74 Å². The molecule has 1 fully saturated rings. The van der Waals surface area contributed by atoms with E-state index in [9.17, 15) is 4.79 Å². The SMILES string of the molecule is CC1c2ccc(OC(=O)C(c3ccccc3)c3ccccc3)cc2C2(C)CCN(Cc3ccccc3)C1C2. The Morgan fingerprint density at radius 1 is 0.895 bits per heavy atom. The average molecular weight is 502 g/mol. The van der Waals surface area contributed by atoms with Crippen LogP contribution in [0, 0.1) is 0 Å². The number of carbonyl (C=O) groups is 1. The van der Waals surface area contributed by atoms with E-state index in [0.717, 1.165) is 37.1 Å². The Hall–Kier alpha value is -3.69. The summed E-state index contributed by atoms with van der Waals surface area (Å²) in [5.74, 6) is 0.359. The quantitative estimate of drug-likeness (QED) is 0.203. The molecule has 3 nitrogen and oxygen atoms in total. The maximum absolute atomic E-state index is 13.6. The van der Waals surface area contributed by atoms with Crippen LogP contribution < -0.4 is 4.74 Å². The van der Waals surface area contributed by atoms with E-state index in [0.29, 0.717) is 17.7 Å². The van der Waals surface area contributed by atoms with Crippen LogP contribution in [0.15, 0.2) is 109 Å². The molecule has 0 amide bonds. The van der Waals surface area contributed by atoms with Gasteiger partial charge >= 0.3 is 5.97 Å². The molecular weight excluding hydrogens is 466 g/mol. The van der Waals surface area contributed by atoms with E-state index in [4.69, 9.17) is 4.74 Å².